The van der Waals surface area contributed by atoms with Crippen LogP contribution in [0.5, 0.6) is 0 Å². The Labute approximate surface area is 203 Å². The largest absolute Gasteiger partial charge is 0.361 e. The van der Waals surface area contributed by atoms with E-state index in [4.69, 9.17) is 11.6 Å². The zero-order chi connectivity index (χ0) is 23.5. The molecule has 0 spiro atoms. The molecule has 1 fully saturated rings. The molecule has 1 atom stereocenters. The summed E-state index contributed by atoms with van der Waals surface area (Å²) in [6.45, 7) is 1.20. The van der Waals surface area contributed by atoms with Crippen molar-refractivity contribution in [1.82, 2.24) is 10.3 Å². The predicted molar refractivity (Wildman–Crippen MR) is 136 cm³/mol. The van der Waals surface area contributed by atoms with E-state index in [2.05, 4.69) is 16.4 Å². The lowest BCUT2D eigenvalue weighted by atomic mass is 9.90. The summed E-state index contributed by atoms with van der Waals surface area (Å²) >= 11 is 6.56. The molecule has 1 aliphatic heterocycles. The lowest BCUT2D eigenvalue weighted by Crippen LogP contribution is -2.30. The van der Waals surface area contributed by atoms with Gasteiger partial charge in [-0.25, -0.2) is 0 Å². The number of nitrogens with one attached hydrogen (secondary N) is 2. The van der Waals surface area contributed by atoms with E-state index in [1.807, 2.05) is 72.9 Å². The molecular weight excluding hydrogens is 446 g/mol. The van der Waals surface area contributed by atoms with Crippen LogP contribution in [0.2, 0.25) is 5.02 Å². The van der Waals surface area contributed by atoms with Crippen LogP contribution in [0, 0.1) is 0 Å². The molecule has 1 aliphatic rings. The van der Waals surface area contributed by atoms with Crippen LogP contribution in [0.25, 0.3) is 10.9 Å². The summed E-state index contributed by atoms with van der Waals surface area (Å²) in [4.78, 5) is 29.9. The Morgan fingerprint density at radius 2 is 1.76 bits per heavy atom. The molecule has 1 aromatic heterocycles. The topological polar surface area (TPSA) is 65.2 Å². The number of fused-ring (bicyclic) bond motifs is 1. The molecule has 0 saturated carbocycles. The van der Waals surface area contributed by atoms with E-state index >= 15 is 0 Å². The third-order valence-electron chi connectivity index (χ3n) is 6.47. The number of carbonyl (C=O) groups is 2. The monoisotopic (exact) mass is 471 g/mol. The Balaban J connectivity index is 1.31. The van der Waals surface area contributed by atoms with Gasteiger partial charge in [0.05, 0.1) is 6.42 Å². The number of nitrogens with zero attached hydrogens (tertiary/aromatic N) is 1. The Morgan fingerprint density at radius 1 is 1.00 bits per heavy atom. The van der Waals surface area contributed by atoms with E-state index in [-0.39, 0.29) is 24.2 Å². The fraction of sp³-hybridized carbons (Fsp3) is 0.214. The first kappa shape index (κ1) is 22.2. The third kappa shape index (κ3) is 4.57. The quantitative estimate of drug-likeness (QED) is 0.377. The Kier molecular flexibility index (Phi) is 6.37. The molecule has 5 rings (SSSR count). The van der Waals surface area contributed by atoms with Gasteiger partial charge in [0.1, 0.15) is 0 Å². The van der Waals surface area contributed by atoms with Crippen LogP contribution >= 0.6 is 11.6 Å². The molecule has 1 saturated heterocycles. The highest BCUT2D eigenvalue weighted by Gasteiger charge is 2.22. The van der Waals surface area contributed by atoms with E-state index in [0.29, 0.717) is 18.0 Å². The van der Waals surface area contributed by atoms with Crippen LogP contribution in [0.3, 0.4) is 0 Å². The van der Waals surface area contributed by atoms with Gasteiger partial charge in [0.15, 0.2) is 0 Å². The summed E-state index contributed by atoms with van der Waals surface area (Å²) in [5, 5.41) is 4.91. The van der Waals surface area contributed by atoms with Crippen molar-refractivity contribution < 1.29 is 9.59 Å². The van der Waals surface area contributed by atoms with Gasteiger partial charge in [0, 0.05) is 53.2 Å². The first-order valence-corrected chi connectivity index (χ1v) is 11.9. The molecule has 3 aromatic carbocycles. The SMILES string of the molecule is O=C(Cc1ccc(N2CCCC2=O)cc1)NCC(c1ccccc1Cl)c1c[nH]c2ccccc12. The minimum atomic E-state index is -0.0858. The van der Waals surface area contributed by atoms with Gasteiger partial charge in [0.25, 0.3) is 0 Å². The Bertz CT molecular complexity index is 1330. The van der Waals surface area contributed by atoms with Crippen molar-refractivity contribution in [3.05, 3.63) is 101 Å². The maximum Gasteiger partial charge on any atom is 0.227 e. The standard InChI is InChI=1S/C28H26ClN3O2/c29-25-8-3-1-6-21(25)23(24-17-30-26-9-4-2-7-22(24)26)18-31-27(33)16-19-11-13-20(14-12-19)32-15-5-10-28(32)34/h1-4,6-9,11-14,17,23,30H,5,10,15-16,18H2,(H,31,33). The minimum Gasteiger partial charge on any atom is -0.361 e. The number of benzene rings is 3. The predicted octanol–water partition coefficient (Wildman–Crippen LogP) is 5.44. The van der Waals surface area contributed by atoms with Crippen LogP contribution in [0.4, 0.5) is 5.69 Å². The second-order valence-electron chi connectivity index (χ2n) is 8.66. The van der Waals surface area contributed by atoms with Crippen molar-refractivity contribution in [2.24, 2.45) is 0 Å². The number of halogens is 1. The van der Waals surface area contributed by atoms with Crippen LogP contribution in [0.15, 0.2) is 79.0 Å². The summed E-state index contributed by atoms with van der Waals surface area (Å²) in [5.41, 5.74) is 4.94. The number of aromatic nitrogens is 1. The molecule has 0 bridgehead atoms. The first-order valence-electron chi connectivity index (χ1n) is 11.6. The normalized spacial score (nSPS) is 14.5. The second kappa shape index (κ2) is 9.74. The molecule has 2 heterocycles. The van der Waals surface area contributed by atoms with Gasteiger partial charge in [-0.3, -0.25) is 9.59 Å². The number of rotatable bonds is 7. The number of H-pyrrole nitrogens is 1. The smallest absolute Gasteiger partial charge is 0.227 e. The van der Waals surface area contributed by atoms with E-state index in [0.717, 1.165) is 46.2 Å². The zero-order valence-electron chi connectivity index (χ0n) is 18.8. The van der Waals surface area contributed by atoms with E-state index < -0.39 is 0 Å². The van der Waals surface area contributed by atoms with Gasteiger partial charge in [-0.1, -0.05) is 60.1 Å². The lowest BCUT2D eigenvalue weighted by molar-refractivity contribution is -0.120. The van der Waals surface area contributed by atoms with Gasteiger partial charge < -0.3 is 15.2 Å². The van der Waals surface area contributed by atoms with E-state index in [9.17, 15) is 9.59 Å². The van der Waals surface area contributed by atoms with Gasteiger partial charge in [-0.05, 0) is 47.4 Å². The third-order valence-corrected chi connectivity index (χ3v) is 6.81. The molecule has 0 aliphatic carbocycles. The summed E-state index contributed by atoms with van der Waals surface area (Å²) in [7, 11) is 0. The van der Waals surface area contributed by atoms with Crippen molar-refractivity contribution in [3.63, 3.8) is 0 Å². The molecule has 4 aromatic rings. The summed E-state index contributed by atoms with van der Waals surface area (Å²) in [6.07, 6.45) is 3.78. The molecular formula is C28H26ClN3O2. The number of hydrogen-bond donors (Lipinski definition) is 2. The van der Waals surface area contributed by atoms with Crippen LogP contribution in [0.1, 0.15) is 35.4 Å². The first-order chi connectivity index (χ1) is 16.6. The highest BCUT2D eigenvalue weighted by molar-refractivity contribution is 6.31. The number of aromatic amines is 1. The van der Waals surface area contributed by atoms with Crippen LogP contribution in [-0.2, 0) is 16.0 Å². The molecule has 2 N–H and O–H groups in total. The Morgan fingerprint density at radius 3 is 2.53 bits per heavy atom. The maximum atomic E-state index is 12.8. The Hall–Kier alpha value is -3.57. The van der Waals surface area contributed by atoms with Crippen LogP contribution < -0.4 is 10.2 Å². The molecule has 0 radical (unpaired) electrons. The van der Waals surface area contributed by atoms with Crippen molar-refractivity contribution in [2.45, 2.75) is 25.2 Å². The van der Waals surface area contributed by atoms with Crippen molar-refractivity contribution >= 4 is 40.0 Å². The second-order valence-corrected chi connectivity index (χ2v) is 9.07. The van der Waals surface area contributed by atoms with Crippen molar-refractivity contribution in [2.75, 3.05) is 18.0 Å². The summed E-state index contributed by atoms with van der Waals surface area (Å²) < 4.78 is 0. The zero-order valence-corrected chi connectivity index (χ0v) is 19.5. The van der Waals surface area contributed by atoms with E-state index in [1.165, 1.54) is 0 Å². The number of hydrogen-bond acceptors (Lipinski definition) is 2. The number of para-hydroxylation sites is 1. The lowest BCUT2D eigenvalue weighted by Gasteiger charge is -2.20. The summed E-state index contributed by atoms with van der Waals surface area (Å²) in [5.74, 6) is 0.0210. The van der Waals surface area contributed by atoms with Crippen molar-refractivity contribution in [1.29, 1.82) is 0 Å². The minimum absolute atomic E-state index is 0.0538. The number of carbonyl (C=O) groups excluding carboxylic acids is 2. The maximum absolute atomic E-state index is 12.8. The molecule has 6 heteroatoms. The van der Waals surface area contributed by atoms with Crippen molar-refractivity contribution in [3.8, 4) is 0 Å². The molecule has 1 unspecified atom stereocenters. The fourth-order valence-corrected chi connectivity index (χ4v) is 4.97. The average Bonchev–Trinajstić information content (AvgIpc) is 3.47. The number of amides is 2. The van der Waals surface area contributed by atoms with Gasteiger partial charge in [-0.2, -0.15) is 0 Å². The van der Waals surface area contributed by atoms with Gasteiger partial charge in [-0.15, -0.1) is 0 Å². The summed E-state index contributed by atoms with van der Waals surface area (Å²) in [6, 6.07) is 23.6. The number of anilines is 1. The molecule has 2 amide bonds. The molecule has 34 heavy (non-hydrogen) atoms. The van der Waals surface area contributed by atoms with Gasteiger partial charge in [0.2, 0.25) is 11.8 Å². The fourth-order valence-electron chi connectivity index (χ4n) is 4.71. The molecule has 5 nitrogen and oxygen atoms in total. The van der Waals surface area contributed by atoms with E-state index in [1.54, 1.807) is 4.90 Å². The average molecular weight is 472 g/mol. The highest BCUT2D eigenvalue weighted by Crippen LogP contribution is 2.34. The highest BCUT2D eigenvalue weighted by atomic mass is 35.5. The van der Waals surface area contributed by atoms with Crippen LogP contribution in [-0.4, -0.2) is 29.9 Å². The molecule has 172 valence electrons. The van der Waals surface area contributed by atoms with Gasteiger partial charge >= 0.3 is 0 Å².